The molecule has 0 aliphatic carbocycles. The maximum atomic E-state index is 12.2. The van der Waals surface area contributed by atoms with Crippen molar-refractivity contribution in [1.29, 1.82) is 0 Å². The van der Waals surface area contributed by atoms with E-state index in [-0.39, 0.29) is 18.7 Å². The van der Waals surface area contributed by atoms with E-state index < -0.39 is 11.9 Å². The highest BCUT2D eigenvalue weighted by Crippen LogP contribution is 2.22. The van der Waals surface area contributed by atoms with Gasteiger partial charge >= 0.3 is 5.97 Å². The molecule has 3 rings (SSSR count). The van der Waals surface area contributed by atoms with E-state index in [1.807, 2.05) is 6.07 Å². The zero-order valence-electron chi connectivity index (χ0n) is 14.0. The molecule has 0 bridgehead atoms. The van der Waals surface area contributed by atoms with Crippen molar-refractivity contribution in [2.24, 2.45) is 0 Å². The number of hydrogen-bond donors (Lipinski definition) is 2. The van der Waals surface area contributed by atoms with Crippen LogP contribution < -0.4 is 5.32 Å². The van der Waals surface area contributed by atoms with Gasteiger partial charge in [-0.15, -0.1) is 0 Å². The maximum absolute atomic E-state index is 12.2. The Morgan fingerprint density at radius 2 is 2.00 bits per heavy atom. The number of carboxylic acid groups (broad SMARTS) is 1. The first-order valence-electron chi connectivity index (χ1n) is 7.93. The molecule has 0 saturated carbocycles. The summed E-state index contributed by atoms with van der Waals surface area (Å²) in [6.45, 7) is 0.623. The van der Waals surface area contributed by atoms with Crippen LogP contribution >= 0.6 is 23.2 Å². The van der Waals surface area contributed by atoms with Gasteiger partial charge in [0, 0.05) is 22.4 Å². The Morgan fingerprint density at radius 1 is 1.19 bits per heavy atom. The van der Waals surface area contributed by atoms with Crippen LogP contribution in [0.25, 0.3) is 0 Å². The molecular formula is C17H15Cl2N5O3. The van der Waals surface area contributed by atoms with Gasteiger partial charge in [0.25, 0.3) is 5.91 Å². The van der Waals surface area contributed by atoms with Crippen molar-refractivity contribution in [3.63, 3.8) is 0 Å². The first kappa shape index (κ1) is 18.9. The predicted molar refractivity (Wildman–Crippen MR) is 100 cm³/mol. The van der Waals surface area contributed by atoms with Gasteiger partial charge in [0.15, 0.2) is 5.69 Å². The number of hydrogen-bond acceptors (Lipinski definition) is 4. The summed E-state index contributed by atoms with van der Waals surface area (Å²) >= 11 is 12.0. The third-order valence-electron chi connectivity index (χ3n) is 3.67. The van der Waals surface area contributed by atoms with E-state index in [0.29, 0.717) is 22.3 Å². The van der Waals surface area contributed by atoms with Crippen LogP contribution in [-0.4, -0.2) is 36.5 Å². The zero-order chi connectivity index (χ0) is 19.4. The van der Waals surface area contributed by atoms with Gasteiger partial charge in [-0.2, -0.15) is 10.2 Å². The number of carbonyl (C=O) groups is 2. The van der Waals surface area contributed by atoms with Crippen molar-refractivity contribution in [3.8, 4) is 0 Å². The fraction of sp³-hybridized carbons (Fsp3) is 0.176. The Balaban J connectivity index is 1.61. The second-order valence-electron chi connectivity index (χ2n) is 5.72. The predicted octanol–water partition coefficient (Wildman–Crippen LogP) is 3.16. The number of anilines is 1. The molecule has 0 aliphatic heterocycles. The summed E-state index contributed by atoms with van der Waals surface area (Å²) in [5.74, 6) is -1.34. The average Bonchev–Trinajstić information content (AvgIpc) is 3.25. The van der Waals surface area contributed by atoms with E-state index in [9.17, 15) is 9.59 Å². The fourth-order valence-corrected chi connectivity index (χ4v) is 2.82. The minimum Gasteiger partial charge on any atom is -0.481 e. The average molecular weight is 408 g/mol. The van der Waals surface area contributed by atoms with Gasteiger partial charge in [0.2, 0.25) is 0 Å². The topological polar surface area (TPSA) is 102 Å². The van der Waals surface area contributed by atoms with Crippen LogP contribution in [0.4, 0.5) is 5.69 Å². The molecule has 1 aromatic carbocycles. The van der Waals surface area contributed by atoms with Gasteiger partial charge in [0.05, 0.1) is 31.4 Å². The van der Waals surface area contributed by atoms with E-state index >= 15 is 0 Å². The number of nitrogens with one attached hydrogen (secondary N) is 1. The molecule has 0 fully saturated rings. The highest BCUT2D eigenvalue weighted by molar-refractivity contribution is 6.35. The quantitative estimate of drug-likeness (QED) is 0.625. The first-order valence-corrected chi connectivity index (χ1v) is 8.69. The molecule has 2 aromatic heterocycles. The molecule has 0 atom stereocenters. The number of amides is 1. The summed E-state index contributed by atoms with van der Waals surface area (Å²) < 4.78 is 3.05. The highest BCUT2D eigenvalue weighted by Gasteiger charge is 2.12. The van der Waals surface area contributed by atoms with Crippen LogP contribution in [0.5, 0.6) is 0 Å². The molecule has 2 heterocycles. The van der Waals surface area contributed by atoms with Crippen molar-refractivity contribution in [3.05, 3.63) is 64.2 Å². The number of benzene rings is 1. The molecule has 2 N–H and O–H groups in total. The number of carbonyl (C=O) groups excluding carboxylic acids is 1. The molecule has 27 heavy (non-hydrogen) atoms. The van der Waals surface area contributed by atoms with Crippen LogP contribution in [0.2, 0.25) is 10.0 Å². The molecule has 8 nitrogen and oxygen atoms in total. The fourth-order valence-electron chi connectivity index (χ4n) is 2.35. The number of halogens is 2. The van der Waals surface area contributed by atoms with Crippen LogP contribution in [0, 0.1) is 0 Å². The summed E-state index contributed by atoms with van der Waals surface area (Å²) in [6.07, 6.45) is 4.68. The van der Waals surface area contributed by atoms with Crippen molar-refractivity contribution in [1.82, 2.24) is 19.6 Å². The van der Waals surface area contributed by atoms with Gasteiger partial charge in [0.1, 0.15) is 0 Å². The van der Waals surface area contributed by atoms with Crippen LogP contribution in [0.3, 0.4) is 0 Å². The van der Waals surface area contributed by atoms with E-state index in [0.717, 1.165) is 5.56 Å². The Morgan fingerprint density at radius 3 is 2.74 bits per heavy atom. The summed E-state index contributed by atoms with van der Waals surface area (Å²) in [5, 5.41) is 20.7. The van der Waals surface area contributed by atoms with E-state index in [1.165, 1.54) is 16.9 Å². The van der Waals surface area contributed by atoms with Crippen molar-refractivity contribution < 1.29 is 14.7 Å². The second-order valence-corrected chi connectivity index (χ2v) is 6.57. The molecule has 0 spiro atoms. The van der Waals surface area contributed by atoms with Crippen LogP contribution in [0.1, 0.15) is 22.5 Å². The molecule has 0 unspecified atom stereocenters. The van der Waals surface area contributed by atoms with Gasteiger partial charge < -0.3 is 10.4 Å². The third-order valence-corrected chi connectivity index (χ3v) is 4.25. The SMILES string of the molecule is O=C(O)CCn1ccc(C(=O)Nc2cnn(Cc3ccc(Cl)cc3Cl)c2)n1. The van der Waals surface area contributed by atoms with Crippen molar-refractivity contribution in [2.75, 3.05) is 5.32 Å². The normalized spacial score (nSPS) is 10.7. The lowest BCUT2D eigenvalue weighted by atomic mass is 10.2. The number of aromatic nitrogens is 4. The Labute approximate surface area is 164 Å². The molecule has 0 saturated heterocycles. The Bertz CT molecular complexity index is 983. The molecule has 0 radical (unpaired) electrons. The molecular weight excluding hydrogens is 393 g/mol. The van der Waals surface area contributed by atoms with Gasteiger partial charge in [-0.1, -0.05) is 29.3 Å². The minimum atomic E-state index is -0.926. The van der Waals surface area contributed by atoms with Crippen LogP contribution in [-0.2, 0) is 17.9 Å². The lowest BCUT2D eigenvalue weighted by Gasteiger charge is -2.05. The summed E-state index contributed by atoms with van der Waals surface area (Å²) in [5.41, 5.74) is 1.54. The number of aryl methyl sites for hydroxylation is 1. The number of rotatable bonds is 7. The maximum Gasteiger partial charge on any atom is 0.305 e. The largest absolute Gasteiger partial charge is 0.481 e. The minimum absolute atomic E-state index is 0.0667. The smallest absolute Gasteiger partial charge is 0.305 e. The standard InChI is InChI=1S/C17H15Cl2N5O3/c18-12-2-1-11(14(19)7-12)9-24-10-13(8-20-24)21-17(27)15-3-5-23(22-15)6-4-16(25)26/h1-3,5,7-8,10H,4,6,9H2,(H,21,27)(H,25,26). The van der Waals surface area contributed by atoms with Gasteiger partial charge in [-0.05, 0) is 23.8 Å². The van der Waals surface area contributed by atoms with E-state index in [1.54, 1.807) is 29.2 Å². The number of nitrogens with zero attached hydrogens (tertiary/aromatic N) is 4. The van der Waals surface area contributed by atoms with Gasteiger partial charge in [-0.25, -0.2) is 0 Å². The molecule has 10 heteroatoms. The molecule has 1 amide bonds. The lowest BCUT2D eigenvalue weighted by Crippen LogP contribution is -2.13. The monoisotopic (exact) mass is 407 g/mol. The highest BCUT2D eigenvalue weighted by atomic mass is 35.5. The van der Waals surface area contributed by atoms with Crippen LogP contribution in [0.15, 0.2) is 42.9 Å². The van der Waals surface area contributed by atoms with Gasteiger partial charge in [-0.3, -0.25) is 19.0 Å². The molecule has 3 aromatic rings. The van der Waals surface area contributed by atoms with Crippen molar-refractivity contribution >= 4 is 40.8 Å². The lowest BCUT2D eigenvalue weighted by molar-refractivity contribution is -0.137. The Hall–Kier alpha value is -2.84. The zero-order valence-corrected chi connectivity index (χ0v) is 15.5. The van der Waals surface area contributed by atoms with E-state index in [2.05, 4.69) is 15.5 Å². The number of aliphatic carboxylic acids is 1. The molecule has 140 valence electrons. The van der Waals surface area contributed by atoms with E-state index in [4.69, 9.17) is 28.3 Å². The summed E-state index contributed by atoms with van der Waals surface area (Å²) in [6, 6.07) is 6.74. The van der Waals surface area contributed by atoms with Crippen molar-refractivity contribution in [2.45, 2.75) is 19.5 Å². The third kappa shape index (κ3) is 5.08. The number of carboxylic acids is 1. The second kappa shape index (κ2) is 8.24. The molecule has 0 aliphatic rings. The summed E-state index contributed by atoms with van der Waals surface area (Å²) in [4.78, 5) is 22.8. The Kier molecular flexibility index (Phi) is 5.78. The first-order chi connectivity index (χ1) is 12.9. The summed E-state index contributed by atoms with van der Waals surface area (Å²) in [7, 11) is 0.